The summed E-state index contributed by atoms with van der Waals surface area (Å²) in [4.78, 5) is 4.23. The van der Waals surface area contributed by atoms with Gasteiger partial charge in [-0.3, -0.25) is 0 Å². The predicted octanol–water partition coefficient (Wildman–Crippen LogP) is 3.30. The van der Waals surface area contributed by atoms with Crippen LogP contribution in [0.2, 0.25) is 0 Å². The molecule has 3 nitrogen and oxygen atoms in total. The fourth-order valence-electron chi connectivity index (χ4n) is 2.24. The van der Waals surface area contributed by atoms with Gasteiger partial charge in [0.05, 0.1) is 18.2 Å². The van der Waals surface area contributed by atoms with E-state index in [1.54, 1.807) is 11.7 Å². The molecule has 104 valence electrons. The smallest absolute Gasteiger partial charge is 0.153 e. The van der Waals surface area contributed by atoms with Gasteiger partial charge in [0.1, 0.15) is 17.2 Å². The largest absolute Gasteiger partial charge is 0.383 e. The van der Waals surface area contributed by atoms with Crippen LogP contribution < -0.4 is 0 Å². The van der Waals surface area contributed by atoms with Crippen LogP contribution in [0.15, 0.2) is 12.1 Å². The SMILES string of the molecule is COCC(C)n1c(CCCl)nc2c(F)cc(F)cc21. The molecule has 1 aromatic carbocycles. The molecule has 0 spiro atoms. The zero-order valence-corrected chi connectivity index (χ0v) is 11.5. The van der Waals surface area contributed by atoms with Gasteiger partial charge in [0, 0.05) is 25.5 Å². The summed E-state index contributed by atoms with van der Waals surface area (Å²) in [5.74, 6) is -0.269. The Balaban J connectivity index is 2.65. The lowest BCUT2D eigenvalue weighted by atomic mass is 10.2. The van der Waals surface area contributed by atoms with Crippen molar-refractivity contribution in [2.75, 3.05) is 19.6 Å². The normalized spacial score (nSPS) is 13.1. The van der Waals surface area contributed by atoms with E-state index in [9.17, 15) is 8.78 Å². The molecular formula is C13H15ClF2N2O. The van der Waals surface area contributed by atoms with E-state index >= 15 is 0 Å². The Morgan fingerprint density at radius 3 is 2.79 bits per heavy atom. The third-order valence-corrected chi connectivity index (χ3v) is 3.14. The Bertz CT molecular complexity index is 586. The zero-order chi connectivity index (χ0) is 14.0. The number of aromatic nitrogens is 2. The van der Waals surface area contributed by atoms with Crippen LogP contribution in [0.1, 0.15) is 18.8 Å². The number of alkyl halides is 1. The summed E-state index contributed by atoms with van der Waals surface area (Å²) in [5.41, 5.74) is 0.603. The van der Waals surface area contributed by atoms with Gasteiger partial charge in [-0.15, -0.1) is 11.6 Å². The van der Waals surface area contributed by atoms with Crippen molar-refractivity contribution in [2.24, 2.45) is 0 Å². The fraction of sp³-hybridized carbons (Fsp3) is 0.462. The quantitative estimate of drug-likeness (QED) is 0.789. The number of aryl methyl sites for hydroxylation is 1. The lowest BCUT2D eigenvalue weighted by Crippen LogP contribution is -2.14. The molecule has 1 aromatic heterocycles. The van der Waals surface area contributed by atoms with Gasteiger partial charge in [-0.25, -0.2) is 13.8 Å². The van der Waals surface area contributed by atoms with E-state index in [-0.39, 0.29) is 11.6 Å². The molecule has 1 heterocycles. The van der Waals surface area contributed by atoms with Crippen molar-refractivity contribution in [3.63, 3.8) is 0 Å². The van der Waals surface area contributed by atoms with Crippen molar-refractivity contribution in [3.05, 3.63) is 29.6 Å². The first kappa shape index (κ1) is 14.2. The van der Waals surface area contributed by atoms with E-state index < -0.39 is 11.6 Å². The minimum Gasteiger partial charge on any atom is -0.383 e. The highest BCUT2D eigenvalue weighted by Gasteiger charge is 2.18. The molecule has 2 rings (SSSR count). The number of benzene rings is 1. The lowest BCUT2D eigenvalue weighted by Gasteiger charge is -2.16. The maximum Gasteiger partial charge on any atom is 0.153 e. The van der Waals surface area contributed by atoms with Crippen LogP contribution in [-0.4, -0.2) is 29.1 Å². The molecule has 0 fully saturated rings. The maximum absolute atomic E-state index is 13.7. The predicted molar refractivity (Wildman–Crippen MR) is 70.7 cm³/mol. The number of rotatable bonds is 5. The van der Waals surface area contributed by atoms with Crippen molar-refractivity contribution < 1.29 is 13.5 Å². The minimum atomic E-state index is -0.658. The molecule has 2 aromatic rings. The Morgan fingerprint density at radius 1 is 1.42 bits per heavy atom. The van der Waals surface area contributed by atoms with Crippen LogP contribution in [0.25, 0.3) is 11.0 Å². The van der Waals surface area contributed by atoms with Gasteiger partial charge in [0.2, 0.25) is 0 Å². The third kappa shape index (κ3) is 2.72. The number of fused-ring (bicyclic) bond motifs is 1. The lowest BCUT2D eigenvalue weighted by molar-refractivity contribution is 0.162. The van der Waals surface area contributed by atoms with Crippen LogP contribution in [0.5, 0.6) is 0 Å². The molecule has 0 aliphatic rings. The number of hydrogen-bond acceptors (Lipinski definition) is 2. The monoisotopic (exact) mass is 288 g/mol. The number of halogens is 3. The number of ether oxygens (including phenoxy) is 1. The molecule has 0 aliphatic heterocycles. The van der Waals surface area contributed by atoms with Crippen molar-refractivity contribution in [1.82, 2.24) is 9.55 Å². The van der Waals surface area contributed by atoms with Gasteiger partial charge >= 0.3 is 0 Å². The highest BCUT2D eigenvalue weighted by Crippen LogP contribution is 2.25. The second kappa shape index (κ2) is 5.84. The van der Waals surface area contributed by atoms with E-state index in [0.29, 0.717) is 30.2 Å². The first-order chi connectivity index (χ1) is 9.08. The Kier molecular flexibility index (Phi) is 4.37. The maximum atomic E-state index is 13.7. The molecule has 1 atom stereocenters. The number of methoxy groups -OCH3 is 1. The van der Waals surface area contributed by atoms with Crippen molar-refractivity contribution in [2.45, 2.75) is 19.4 Å². The molecule has 0 radical (unpaired) electrons. The van der Waals surface area contributed by atoms with Crippen LogP contribution in [0, 0.1) is 11.6 Å². The summed E-state index contributed by atoms with van der Waals surface area (Å²) in [6, 6.07) is 2.05. The average molecular weight is 289 g/mol. The fourth-order valence-corrected chi connectivity index (χ4v) is 2.41. The molecule has 1 unspecified atom stereocenters. The van der Waals surface area contributed by atoms with Crippen LogP contribution in [-0.2, 0) is 11.2 Å². The van der Waals surface area contributed by atoms with Gasteiger partial charge in [0.25, 0.3) is 0 Å². The van der Waals surface area contributed by atoms with Crippen LogP contribution >= 0.6 is 11.6 Å². The Labute approximate surface area is 115 Å². The summed E-state index contributed by atoms with van der Waals surface area (Å²) in [6.45, 7) is 2.34. The van der Waals surface area contributed by atoms with Crippen LogP contribution in [0.4, 0.5) is 8.78 Å². The summed E-state index contributed by atoms with van der Waals surface area (Å²) in [7, 11) is 1.58. The number of hydrogen-bond donors (Lipinski definition) is 0. The van der Waals surface area contributed by atoms with Gasteiger partial charge in [-0.1, -0.05) is 0 Å². The molecule has 0 N–H and O–H groups in total. The average Bonchev–Trinajstić information content (AvgIpc) is 2.68. The molecule has 19 heavy (non-hydrogen) atoms. The van der Waals surface area contributed by atoms with Gasteiger partial charge in [-0.2, -0.15) is 0 Å². The minimum absolute atomic E-state index is 0.0746. The standard InChI is InChI=1S/C13H15ClF2N2O/c1-8(7-19-2)18-11-6-9(15)5-10(16)13(11)17-12(18)3-4-14/h5-6,8H,3-4,7H2,1-2H3. The third-order valence-electron chi connectivity index (χ3n) is 2.95. The molecule has 0 saturated carbocycles. The molecule has 6 heteroatoms. The highest BCUT2D eigenvalue weighted by molar-refractivity contribution is 6.17. The summed E-state index contributed by atoms with van der Waals surface area (Å²) >= 11 is 5.74. The zero-order valence-electron chi connectivity index (χ0n) is 10.8. The highest BCUT2D eigenvalue weighted by atomic mass is 35.5. The summed E-state index contributed by atoms with van der Waals surface area (Å²) in [5, 5.41) is 0. The topological polar surface area (TPSA) is 27.1 Å². The molecule has 0 aliphatic carbocycles. The molecule has 0 saturated heterocycles. The first-order valence-corrected chi connectivity index (χ1v) is 6.52. The van der Waals surface area contributed by atoms with Gasteiger partial charge in [-0.05, 0) is 13.0 Å². The van der Waals surface area contributed by atoms with Crippen molar-refractivity contribution >= 4 is 22.6 Å². The van der Waals surface area contributed by atoms with Gasteiger partial charge in [0.15, 0.2) is 5.82 Å². The second-order valence-corrected chi connectivity index (χ2v) is 4.77. The van der Waals surface area contributed by atoms with E-state index in [2.05, 4.69) is 4.98 Å². The second-order valence-electron chi connectivity index (χ2n) is 4.40. The Morgan fingerprint density at radius 2 is 2.16 bits per heavy atom. The number of imidazole rings is 1. The number of nitrogens with zero attached hydrogens (tertiary/aromatic N) is 2. The molecule has 0 amide bonds. The van der Waals surface area contributed by atoms with Gasteiger partial charge < -0.3 is 9.30 Å². The van der Waals surface area contributed by atoms with E-state index in [1.807, 2.05) is 6.92 Å². The summed E-state index contributed by atoms with van der Waals surface area (Å²) in [6.07, 6.45) is 0.491. The van der Waals surface area contributed by atoms with Crippen molar-refractivity contribution in [1.29, 1.82) is 0 Å². The van der Waals surface area contributed by atoms with E-state index in [1.165, 1.54) is 6.07 Å². The molecular weight excluding hydrogens is 274 g/mol. The van der Waals surface area contributed by atoms with E-state index in [4.69, 9.17) is 16.3 Å². The van der Waals surface area contributed by atoms with Crippen LogP contribution in [0.3, 0.4) is 0 Å². The van der Waals surface area contributed by atoms with E-state index in [0.717, 1.165) is 6.07 Å². The van der Waals surface area contributed by atoms with Crippen molar-refractivity contribution in [3.8, 4) is 0 Å². The Hall–Kier alpha value is -1.20. The first-order valence-electron chi connectivity index (χ1n) is 5.99. The summed E-state index contributed by atoms with van der Waals surface area (Å²) < 4.78 is 34.0. The molecule has 0 bridgehead atoms.